The molecule has 2 atom stereocenters. The molecule has 7 heteroatoms. The van der Waals surface area contributed by atoms with Crippen LogP contribution < -0.4 is 10.3 Å². The molecule has 196 valence electrons. The quantitative estimate of drug-likeness (QED) is 0.385. The molecule has 0 radical (unpaired) electrons. The molecule has 3 aromatic carbocycles. The van der Waals surface area contributed by atoms with E-state index in [0.717, 1.165) is 29.5 Å². The first kappa shape index (κ1) is 23.9. The van der Waals surface area contributed by atoms with Crippen LogP contribution in [-0.4, -0.2) is 36.0 Å². The third kappa shape index (κ3) is 3.36. The molecule has 0 N–H and O–H groups in total. The highest BCUT2D eigenvalue weighted by molar-refractivity contribution is 6.17. The van der Waals surface area contributed by atoms with Gasteiger partial charge in [-0.1, -0.05) is 59.7 Å². The van der Waals surface area contributed by atoms with Crippen molar-refractivity contribution >= 4 is 28.5 Å². The molecule has 39 heavy (non-hydrogen) atoms. The van der Waals surface area contributed by atoms with Crippen LogP contribution in [0.5, 0.6) is 0 Å². The van der Waals surface area contributed by atoms with Gasteiger partial charge in [0.25, 0.3) is 11.8 Å². The van der Waals surface area contributed by atoms with Crippen LogP contribution in [0, 0.1) is 13.8 Å². The van der Waals surface area contributed by atoms with Gasteiger partial charge in [-0.3, -0.25) is 14.4 Å². The first-order chi connectivity index (χ1) is 18.9. The van der Waals surface area contributed by atoms with Crippen molar-refractivity contribution < 1.29 is 18.7 Å². The molecule has 1 saturated heterocycles. The van der Waals surface area contributed by atoms with Gasteiger partial charge < -0.3 is 19.0 Å². The van der Waals surface area contributed by atoms with Gasteiger partial charge in [-0.25, -0.2) is 0 Å². The number of ether oxygens (including phenoxy) is 1. The topological polar surface area (TPSA) is 80.1 Å². The van der Waals surface area contributed by atoms with E-state index in [-0.39, 0.29) is 35.3 Å². The summed E-state index contributed by atoms with van der Waals surface area (Å²) in [6.07, 6.45) is 1.44. The Morgan fingerprint density at radius 2 is 1.77 bits per heavy atom. The molecule has 0 aliphatic carbocycles. The maximum Gasteiger partial charge on any atom is 0.291 e. The summed E-state index contributed by atoms with van der Waals surface area (Å²) in [5.41, 5.74) is 2.71. The zero-order valence-corrected chi connectivity index (χ0v) is 21.9. The fourth-order valence-corrected chi connectivity index (χ4v) is 6.50. The normalized spacial score (nSPS) is 21.8. The Balaban J connectivity index is 1.50. The van der Waals surface area contributed by atoms with Gasteiger partial charge in [-0.05, 0) is 50.5 Å². The Morgan fingerprint density at radius 3 is 2.56 bits per heavy atom. The maximum absolute atomic E-state index is 14.8. The largest absolute Gasteiger partial charge is 0.450 e. The van der Waals surface area contributed by atoms with E-state index in [1.165, 1.54) is 0 Å². The van der Waals surface area contributed by atoms with Gasteiger partial charge in [0.15, 0.2) is 11.0 Å². The van der Waals surface area contributed by atoms with E-state index in [2.05, 4.69) is 0 Å². The predicted octanol–water partition coefficient (Wildman–Crippen LogP) is 4.84. The molecule has 1 spiro atoms. The molecule has 3 aliphatic heterocycles. The highest BCUT2D eigenvalue weighted by Gasteiger charge is 2.65. The molecule has 0 saturated carbocycles. The smallest absolute Gasteiger partial charge is 0.291 e. The molecule has 7 nitrogen and oxygen atoms in total. The second-order valence-electron chi connectivity index (χ2n) is 10.8. The molecule has 3 aliphatic rings. The lowest BCUT2D eigenvalue weighted by molar-refractivity contribution is -0.126. The second-order valence-corrected chi connectivity index (χ2v) is 10.8. The molecule has 1 aromatic heterocycles. The van der Waals surface area contributed by atoms with Crippen LogP contribution in [0.15, 0.2) is 75.9 Å². The Bertz CT molecular complexity index is 1730. The molecular formula is C32H28N2O5. The number of amides is 2. The van der Waals surface area contributed by atoms with Gasteiger partial charge in [0, 0.05) is 18.7 Å². The van der Waals surface area contributed by atoms with Crippen molar-refractivity contribution in [2.75, 3.05) is 18.1 Å². The number of carbonyl (C=O) groups is 2. The van der Waals surface area contributed by atoms with E-state index >= 15 is 0 Å². The average Bonchev–Trinajstić information content (AvgIpc) is 3.59. The van der Waals surface area contributed by atoms with Crippen LogP contribution in [0.1, 0.15) is 51.2 Å². The molecular weight excluding hydrogens is 492 g/mol. The number of fused-ring (bicyclic) bond motifs is 5. The standard InChI is InChI=1S/C32H28N2O5/c1-19-7-5-8-21(15-19)17-33-25-11-4-3-10-24(25)32(31(33)37)27-28(35)23-16-20(2)12-13-26(23)39-29(27)30(36)34(32)18-22-9-6-14-38-22/h3-5,7-8,10-13,15-16,22H,6,9,14,17-18H2,1-2H3. The molecule has 0 bridgehead atoms. The van der Waals surface area contributed by atoms with Crippen molar-refractivity contribution in [2.45, 2.75) is 44.9 Å². The van der Waals surface area contributed by atoms with Crippen molar-refractivity contribution in [3.05, 3.63) is 111 Å². The van der Waals surface area contributed by atoms with Gasteiger partial charge in [0.1, 0.15) is 5.58 Å². The average molecular weight is 521 g/mol. The summed E-state index contributed by atoms with van der Waals surface area (Å²) in [5.74, 6) is -0.842. The van der Waals surface area contributed by atoms with E-state index in [9.17, 15) is 14.4 Å². The Labute approximate surface area is 225 Å². The van der Waals surface area contributed by atoms with Crippen molar-refractivity contribution in [2.24, 2.45) is 0 Å². The van der Waals surface area contributed by atoms with Crippen LogP contribution in [-0.2, 0) is 21.6 Å². The van der Waals surface area contributed by atoms with Gasteiger partial charge in [-0.15, -0.1) is 0 Å². The van der Waals surface area contributed by atoms with E-state index in [0.29, 0.717) is 35.4 Å². The van der Waals surface area contributed by atoms with E-state index in [1.807, 2.05) is 68.4 Å². The maximum atomic E-state index is 14.8. The van der Waals surface area contributed by atoms with Gasteiger partial charge in [-0.2, -0.15) is 0 Å². The second kappa shape index (κ2) is 8.64. The van der Waals surface area contributed by atoms with Crippen LogP contribution in [0.3, 0.4) is 0 Å². The van der Waals surface area contributed by atoms with E-state index in [1.54, 1.807) is 21.9 Å². The summed E-state index contributed by atoms with van der Waals surface area (Å²) >= 11 is 0. The summed E-state index contributed by atoms with van der Waals surface area (Å²) in [6, 6.07) is 20.8. The predicted molar refractivity (Wildman–Crippen MR) is 147 cm³/mol. The van der Waals surface area contributed by atoms with Crippen LogP contribution in [0.25, 0.3) is 11.0 Å². The highest BCUT2D eigenvalue weighted by atomic mass is 16.5. The highest BCUT2D eigenvalue weighted by Crippen LogP contribution is 2.53. The minimum atomic E-state index is -1.63. The number of anilines is 1. The van der Waals surface area contributed by atoms with Crippen molar-refractivity contribution in [1.29, 1.82) is 0 Å². The lowest BCUT2D eigenvalue weighted by Crippen LogP contribution is -2.55. The zero-order valence-electron chi connectivity index (χ0n) is 21.9. The summed E-state index contributed by atoms with van der Waals surface area (Å²) in [6.45, 7) is 5.02. The summed E-state index contributed by atoms with van der Waals surface area (Å²) in [5, 5.41) is 0.363. The van der Waals surface area contributed by atoms with E-state index < -0.39 is 11.4 Å². The Morgan fingerprint density at radius 1 is 0.949 bits per heavy atom. The Hall–Kier alpha value is -4.23. The van der Waals surface area contributed by atoms with Crippen LogP contribution >= 0.6 is 0 Å². The SMILES string of the molecule is Cc1cccc(CN2C(=O)C3(c4ccccc42)c2c(oc4ccc(C)cc4c2=O)C(=O)N3CC2CCCO2)c1. The molecule has 4 aromatic rings. The van der Waals surface area contributed by atoms with E-state index in [4.69, 9.17) is 9.15 Å². The molecule has 7 rings (SSSR count). The summed E-state index contributed by atoms with van der Waals surface area (Å²) < 4.78 is 12.1. The van der Waals surface area contributed by atoms with Crippen LogP contribution in [0.2, 0.25) is 0 Å². The summed E-state index contributed by atoms with van der Waals surface area (Å²) in [7, 11) is 0. The zero-order chi connectivity index (χ0) is 26.9. The monoisotopic (exact) mass is 520 g/mol. The number of hydrogen-bond donors (Lipinski definition) is 0. The molecule has 4 heterocycles. The number of carbonyl (C=O) groups excluding carboxylic acids is 2. The number of nitrogens with zero attached hydrogens (tertiary/aromatic N) is 2. The van der Waals surface area contributed by atoms with Crippen molar-refractivity contribution in [1.82, 2.24) is 4.90 Å². The minimum absolute atomic E-state index is 0.0603. The molecule has 2 amide bonds. The number of benzene rings is 3. The van der Waals surface area contributed by atoms with Gasteiger partial charge in [0.05, 0.1) is 29.3 Å². The van der Waals surface area contributed by atoms with Gasteiger partial charge >= 0.3 is 0 Å². The first-order valence-corrected chi connectivity index (χ1v) is 13.4. The van der Waals surface area contributed by atoms with Gasteiger partial charge in [0.2, 0.25) is 5.76 Å². The lowest BCUT2D eigenvalue weighted by Gasteiger charge is -2.35. The number of rotatable bonds is 4. The summed E-state index contributed by atoms with van der Waals surface area (Å²) in [4.78, 5) is 46.5. The lowest BCUT2D eigenvalue weighted by atomic mass is 9.83. The fourth-order valence-electron chi connectivity index (χ4n) is 6.50. The fraction of sp³-hybridized carbons (Fsp3) is 0.281. The third-order valence-corrected chi connectivity index (χ3v) is 8.22. The number of aryl methyl sites for hydroxylation is 2. The Kier molecular flexibility index (Phi) is 5.29. The number of hydrogen-bond acceptors (Lipinski definition) is 5. The third-order valence-electron chi connectivity index (χ3n) is 8.22. The van der Waals surface area contributed by atoms with Crippen molar-refractivity contribution in [3.8, 4) is 0 Å². The van der Waals surface area contributed by atoms with Crippen molar-refractivity contribution in [3.63, 3.8) is 0 Å². The molecule has 1 fully saturated rings. The number of para-hydroxylation sites is 1. The van der Waals surface area contributed by atoms with Crippen LogP contribution in [0.4, 0.5) is 5.69 Å². The molecule has 2 unspecified atom stereocenters. The minimum Gasteiger partial charge on any atom is -0.450 e. The first-order valence-electron chi connectivity index (χ1n) is 13.4.